The monoisotopic (exact) mass is 472 g/mol. The SMILES string of the molecule is CCCCCCCC(=O)N(CC(=O)N1CCc2sccc2C1c1ccc(F)cc1)C(C)CC. The highest BCUT2D eigenvalue weighted by Crippen LogP contribution is 2.38. The van der Waals surface area contributed by atoms with Crippen molar-refractivity contribution in [3.8, 4) is 0 Å². The first kappa shape index (κ1) is 25.4. The van der Waals surface area contributed by atoms with E-state index < -0.39 is 0 Å². The fraction of sp³-hybridized carbons (Fsp3) is 0.556. The topological polar surface area (TPSA) is 40.6 Å². The predicted octanol–water partition coefficient (Wildman–Crippen LogP) is 6.35. The molecule has 0 radical (unpaired) electrons. The summed E-state index contributed by atoms with van der Waals surface area (Å²) in [6, 6.07) is 8.28. The Morgan fingerprint density at radius 3 is 2.55 bits per heavy atom. The number of fused-ring (bicyclic) bond motifs is 1. The van der Waals surface area contributed by atoms with Crippen LogP contribution >= 0.6 is 11.3 Å². The molecule has 2 atom stereocenters. The summed E-state index contributed by atoms with van der Waals surface area (Å²) >= 11 is 1.71. The van der Waals surface area contributed by atoms with Crippen LogP contribution in [-0.4, -0.2) is 40.7 Å². The number of hydrogen-bond donors (Lipinski definition) is 0. The summed E-state index contributed by atoms with van der Waals surface area (Å²) in [6.45, 7) is 6.96. The maximum absolute atomic E-state index is 13.6. The Kier molecular flexibility index (Phi) is 9.48. The number of halogens is 1. The molecule has 2 aromatic rings. The largest absolute Gasteiger partial charge is 0.331 e. The lowest BCUT2D eigenvalue weighted by molar-refractivity contribution is -0.143. The van der Waals surface area contributed by atoms with Crippen LogP contribution in [0.4, 0.5) is 4.39 Å². The molecule has 3 rings (SSSR count). The van der Waals surface area contributed by atoms with Crippen molar-refractivity contribution in [2.45, 2.75) is 84.2 Å². The number of carbonyl (C=O) groups is 2. The Hall–Kier alpha value is -2.21. The van der Waals surface area contributed by atoms with Crippen molar-refractivity contribution in [2.24, 2.45) is 0 Å². The minimum Gasteiger partial charge on any atom is -0.331 e. The van der Waals surface area contributed by atoms with Gasteiger partial charge in [0.25, 0.3) is 0 Å². The lowest BCUT2D eigenvalue weighted by Gasteiger charge is -2.38. The summed E-state index contributed by atoms with van der Waals surface area (Å²) in [7, 11) is 0. The second kappa shape index (κ2) is 12.3. The average molecular weight is 473 g/mol. The Morgan fingerprint density at radius 2 is 1.85 bits per heavy atom. The van der Waals surface area contributed by atoms with Gasteiger partial charge in [-0.3, -0.25) is 9.59 Å². The van der Waals surface area contributed by atoms with E-state index in [-0.39, 0.29) is 36.3 Å². The highest BCUT2D eigenvalue weighted by atomic mass is 32.1. The minimum absolute atomic E-state index is 0.0165. The molecule has 2 heterocycles. The number of rotatable bonds is 11. The lowest BCUT2D eigenvalue weighted by Crippen LogP contribution is -2.49. The van der Waals surface area contributed by atoms with Gasteiger partial charge in [-0.1, -0.05) is 51.7 Å². The van der Waals surface area contributed by atoms with Crippen LogP contribution in [0.2, 0.25) is 0 Å². The molecule has 6 heteroatoms. The Bertz CT molecular complexity index is 911. The summed E-state index contributed by atoms with van der Waals surface area (Å²) in [4.78, 5) is 31.6. The number of unbranched alkanes of at least 4 members (excludes halogenated alkanes) is 4. The standard InChI is InChI=1S/C27H37FN2O2S/c1-4-6-7-8-9-10-25(31)30(20(3)5-2)19-26(32)29-17-15-24-23(16-18-33-24)27(29)21-11-13-22(28)14-12-21/h11-14,16,18,20,27H,4-10,15,17,19H2,1-3H3. The molecule has 0 spiro atoms. The smallest absolute Gasteiger partial charge is 0.243 e. The number of carbonyl (C=O) groups excluding carboxylic acids is 2. The predicted molar refractivity (Wildman–Crippen MR) is 133 cm³/mol. The molecule has 4 nitrogen and oxygen atoms in total. The van der Waals surface area contributed by atoms with Crippen molar-refractivity contribution in [3.05, 3.63) is 57.5 Å². The van der Waals surface area contributed by atoms with Crippen LogP contribution in [0.1, 0.15) is 87.8 Å². The van der Waals surface area contributed by atoms with Crippen LogP contribution in [-0.2, 0) is 16.0 Å². The van der Waals surface area contributed by atoms with Gasteiger partial charge >= 0.3 is 0 Å². The van der Waals surface area contributed by atoms with Crippen LogP contribution < -0.4 is 0 Å². The third-order valence-corrected chi connectivity index (χ3v) is 7.71. The minimum atomic E-state index is -0.287. The van der Waals surface area contributed by atoms with Crippen molar-refractivity contribution in [1.82, 2.24) is 9.80 Å². The van der Waals surface area contributed by atoms with E-state index in [9.17, 15) is 14.0 Å². The van der Waals surface area contributed by atoms with E-state index in [0.29, 0.717) is 13.0 Å². The average Bonchev–Trinajstić information content (AvgIpc) is 3.30. The number of amides is 2. The van der Waals surface area contributed by atoms with Crippen molar-refractivity contribution >= 4 is 23.2 Å². The Morgan fingerprint density at radius 1 is 1.12 bits per heavy atom. The maximum Gasteiger partial charge on any atom is 0.243 e. The van der Waals surface area contributed by atoms with Crippen molar-refractivity contribution in [3.63, 3.8) is 0 Å². The molecule has 33 heavy (non-hydrogen) atoms. The van der Waals surface area contributed by atoms with Gasteiger partial charge in [-0.25, -0.2) is 4.39 Å². The van der Waals surface area contributed by atoms with Crippen LogP contribution in [0.15, 0.2) is 35.7 Å². The molecule has 1 aliphatic heterocycles. The Balaban J connectivity index is 1.76. The van der Waals surface area contributed by atoms with Gasteiger partial charge in [-0.05, 0) is 60.9 Å². The van der Waals surface area contributed by atoms with E-state index in [1.807, 2.05) is 11.8 Å². The molecule has 1 aliphatic rings. The molecule has 0 bridgehead atoms. The lowest BCUT2D eigenvalue weighted by atomic mass is 9.93. The van der Waals surface area contributed by atoms with Gasteiger partial charge < -0.3 is 9.80 Å². The highest BCUT2D eigenvalue weighted by Gasteiger charge is 2.34. The number of nitrogens with zero attached hydrogens (tertiary/aromatic N) is 2. The summed E-state index contributed by atoms with van der Waals surface area (Å²) < 4.78 is 13.6. The van der Waals surface area contributed by atoms with E-state index in [0.717, 1.165) is 43.2 Å². The number of thiophene rings is 1. The fourth-order valence-electron chi connectivity index (χ4n) is 4.56. The summed E-state index contributed by atoms with van der Waals surface area (Å²) in [5.41, 5.74) is 2.02. The van der Waals surface area contributed by atoms with Crippen LogP contribution in [0, 0.1) is 5.82 Å². The first-order chi connectivity index (χ1) is 16.0. The molecule has 2 amide bonds. The zero-order valence-electron chi connectivity index (χ0n) is 20.2. The second-order valence-electron chi connectivity index (χ2n) is 9.03. The van der Waals surface area contributed by atoms with Gasteiger partial charge in [0.05, 0.1) is 6.04 Å². The highest BCUT2D eigenvalue weighted by molar-refractivity contribution is 7.10. The molecule has 0 N–H and O–H groups in total. The quantitative estimate of drug-likeness (QED) is 0.358. The molecular formula is C27H37FN2O2S. The fourth-order valence-corrected chi connectivity index (χ4v) is 5.46. The molecular weight excluding hydrogens is 435 g/mol. The first-order valence-electron chi connectivity index (χ1n) is 12.4. The van der Waals surface area contributed by atoms with Gasteiger partial charge in [0.1, 0.15) is 12.4 Å². The molecule has 2 unspecified atom stereocenters. The summed E-state index contributed by atoms with van der Waals surface area (Å²) in [5, 5.41) is 2.06. The van der Waals surface area contributed by atoms with Crippen LogP contribution in [0.25, 0.3) is 0 Å². The van der Waals surface area contributed by atoms with Gasteiger partial charge in [0.2, 0.25) is 11.8 Å². The number of hydrogen-bond acceptors (Lipinski definition) is 3. The molecule has 0 saturated heterocycles. The third kappa shape index (κ3) is 6.44. The van der Waals surface area contributed by atoms with Gasteiger partial charge in [-0.2, -0.15) is 0 Å². The zero-order valence-corrected chi connectivity index (χ0v) is 21.0. The van der Waals surface area contributed by atoms with Gasteiger partial charge in [0, 0.05) is 23.9 Å². The maximum atomic E-state index is 13.6. The van der Waals surface area contributed by atoms with E-state index in [2.05, 4.69) is 25.3 Å². The molecule has 0 fully saturated rings. The van der Waals surface area contributed by atoms with E-state index in [1.54, 1.807) is 28.4 Å². The van der Waals surface area contributed by atoms with E-state index in [1.165, 1.54) is 29.9 Å². The summed E-state index contributed by atoms with van der Waals surface area (Å²) in [5.74, 6) is -0.257. The van der Waals surface area contributed by atoms with Gasteiger partial charge in [-0.15, -0.1) is 11.3 Å². The number of benzene rings is 1. The van der Waals surface area contributed by atoms with Crippen molar-refractivity contribution in [1.29, 1.82) is 0 Å². The van der Waals surface area contributed by atoms with Gasteiger partial charge in [0.15, 0.2) is 0 Å². The zero-order chi connectivity index (χ0) is 23.8. The van der Waals surface area contributed by atoms with Crippen LogP contribution in [0.5, 0.6) is 0 Å². The second-order valence-corrected chi connectivity index (χ2v) is 10.0. The van der Waals surface area contributed by atoms with Crippen molar-refractivity contribution < 1.29 is 14.0 Å². The molecule has 0 saturated carbocycles. The molecule has 180 valence electrons. The molecule has 1 aromatic heterocycles. The van der Waals surface area contributed by atoms with Crippen LogP contribution in [0.3, 0.4) is 0 Å². The normalized spacial score (nSPS) is 16.4. The summed E-state index contributed by atoms with van der Waals surface area (Å²) in [6.07, 6.45) is 7.59. The van der Waals surface area contributed by atoms with Crippen molar-refractivity contribution in [2.75, 3.05) is 13.1 Å². The van der Waals surface area contributed by atoms with E-state index >= 15 is 0 Å². The Labute approximate surface area is 201 Å². The third-order valence-electron chi connectivity index (χ3n) is 6.72. The molecule has 0 aliphatic carbocycles. The molecule has 1 aromatic carbocycles. The van der Waals surface area contributed by atoms with E-state index in [4.69, 9.17) is 0 Å². The first-order valence-corrected chi connectivity index (χ1v) is 13.2.